The predicted molar refractivity (Wildman–Crippen MR) is 128 cm³/mol. The molecule has 14 nitrogen and oxygen atoms in total. The molecule has 208 valence electrons. The van der Waals surface area contributed by atoms with Gasteiger partial charge in [0.2, 0.25) is 6.29 Å². The molecule has 0 saturated carbocycles. The summed E-state index contributed by atoms with van der Waals surface area (Å²) in [6.45, 7) is -0.660. The molecule has 6 N–H and O–H groups in total. The molecule has 0 bridgehead atoms. The maximum Gasteiger partial charge on any atom is 0.317 e. The van der Waals surface area contributed by atoms with Gasteiger partial charge in [-0.05, 0) is 18.2 Å². The normalized spacial score (nSPS) is 22.8. The molecule has 2 heterocycles. The van der Waals surface area contributed by atoms with Crippen LogP contribution in [0.15, 0.2) is 45.6 Å². The Balaban J connectivity index is 1.60. The standard InChI is InChI=1S/C25H24O14/c1-35-15-3-2-10(4-12(15)26)16-7-14(28)21-13(27)5-11(6-17(21)38-16)37-25-24(34)23(33)22(32)18(39-25)9-36-20(31)8-19(29)30/h2-7,18,22-27,32-34H,8-9H2,1H3,(H,29,30)/t18-,22-,23+,24-,25-/m1/s1. The van der Waals surface area contributed by atoms with Crippen molar-refractivity contribution in [1.29, 1.82) is 0 Å². The van der Waals surface area contributed by atoms with E-state index in [0.717, 1.165) is 12.1 Å². The number of rotatable bonds is 8. The molecule has 0 unspecified atom stereocenters. The van der Waals surface area contributed by atoms with Crippen LogP contribution in [0, 0.1) is 0 Å². The van der Waals surface area contributed by atoms with Crippen LogP contribution < -0.4 is 14.9 Å². The summed E-state index contributed by atoms with van der Waals surface area (Å²) >= 11 is 0. The zero-order valence-electron chi connectivity index (χ0n) is 20.2. The number of aliphatic hydroxyl groups excluding tert-OH is 3. The highest BCUT2D eigenvalue weighted by molar-refractivity contribution is 5.90. The summed E-state index contributed by atoms with van der Waals surface area (Å²) in [6, 6.07) is 7.66. The lowest BCUT2D eigenvalue weighted by atomic mass is 9.99. The number of hydrogen-bond donors (Lipinski definition) is 6. The number of carboxylic acids is 1. The van der Waals surface area contributed by atoms with Crippen LogP contribution in [0.1, 0.15) is 6.42 Å². The highest BCUT2D eigenvalue weighted by Crippen LogP contribution is 2.35. The number of carboxylic acid groups (broad SMARTS) is 1. The second-order valence-electron chi connectivity index (χ2n) is 8.56. The topological polar surface area (TPSA) is 223 Å². The summed E-state index contributed by atoms with van der Waals surface area (Å²) in [5.41, 5.74) is -0.421. The van der Waals surface area contributed by atoms with Gasteiger partial charge in [0.05, 0.1) is 7.11 Å². The first kappa shape index (κ1) is 27.7. The Morgan fingerprint density at radius 2 is 1.72 bits per heavy atom. The number of hydrogen-bond acceptors (Lipinski definition) is 13. The molecular formula is C25H24O14. The van der Waals surface area contributed by atoms with Crippen LogP contribution in [0.4, 0.5) is 0 Å². The fourth-order valence-electron chi connectivity index (χ4n) is 3.93. The Hall–Kier alpha value is -4.37. The van der Waals surface area contributed by atoms with Crippen LogP contribution in [0.5, 0.6) is 23.0 Å². The molecule has 3 aromatic rings. The zero-order chi connectivity index (χ0) is 28.4. The number of aliphatic hydroxyl groups is 3. The van der Waals surface area contributed by atoms with Crippen molar-refractivity contribution >= 4 is 22.9 Å². The second kappa shape index (κ2) is 11.2. The molecule has 1 saturated heterocycles. The number of fused-ring (bicyclic) bond motifs is 1. The highest BCUT2D eigenvalue weighted by atomic mass is 16.7. The average molecular weight is 548 g/mol. The Bertz CT molecular complexity index is 1450. The van der Waals surface area contributed by atoms with E-state index in [9.17, 15) is 39.9 Å². The number of benzene rings is 2. The van der Waals surface area contributed by atoms with E-state index in [1.807, 2.05) is 0 Å². The van der Waals surface area contributed by atoms with Crippen molar-refractivity contribution in [2.45, 2.75) is 37.1 Å². The van der Waals surface area contributed by atoms with E-state index in [1.54, 1.807) is 0 Å². The first-order valence-corrected chi connectivity index (χ1v) is 11.4. The quantitative estimate of drug-likeness (QED) is 0.162. The largest absolute Gasteiger partial charge is 0.507 e. The number of phenolic OH excluding ortho intramolecular Hbond substituents is 2. The van der Waals surface area contributed by atoms with Gasteiger partial charge >= 0.3 is 11.9 Å². The lowest BCUT2D eigenvalue weighted by Crippen LogP contribution is -2.60. The number of phenols is 2. The number of methoxy groups -OCH3 is 1. The van der Waals surface area contributed by atoms with Crippen LogP contribution in [0.2, 0.25) is 0 Å². The summed E-state index contributed by atoms with van der Waals surface area (Å²) in [6.07, 6.45) is -9.33. The van der Waals surface area contributed by atoms with E-state index in [0.29, 0.717) is 5.56 Å². The summed E-state index contributed by atoms with van der Waals surface area (Å²) in [4.78, 5) is 34.9. The average Bonchev–Trinajstić information content (AvgIpc) is 2.87. The lowest BCUT2D eigenvalue weighted by Gasteiger charge is -2.39. The molecule has 4 rings (SSSR count). The smallest absolute Gasteiger partial charge is 0.317 e. The van der Waals surface area contributed by atoms with Crippen molar-refractivity contribution in [3.05, 3.63) is 46.6 Å². The van der Waals surface area contributed by atoms with Gasteiger partial charge in [0, 0.05) is 23.8 Å². The predicted octanol–water partition coefficient (Wildman–Crippen LogP) is 0.0841. The van der Waals surface area contributed by atoms with Gasteiger partial charge in [0.1, 0.15) is 65.7 Å². The maximum atomic E-state index is 12.7. The number of esters is 1. The van der Waals surface area contributed by atoms with Gasteiger partial charge in [-0.3, -0.25) is 14.4 Å². The Morgan fingerprint density at radius 1 is 0.974 bits per heavy atom. The zero-order valence-corrected chi connectivity index (χ0v) is 20.2. The van der Waals surface area contributed by atoms with Gasteiger partial charge in [-0.25, -0.2) is 0 Å². The molecule has 1 fully saturated rings. The summed E-state index contributed by atoms with van der Waals surface area (Å²) in [5, 5.41) is 59.8. The molecule has 0 amide bonds. The van der Waals surface area contributed by atoms with Crippen molar-refractivity contribution in [2.24, 2.45) is 0 Å². The molecule has 0 aliphatic carbocycles. The van der Waals surface area contributed by atoms with E-state index in [1.165, 1.54) is 31.4 Å². The molecule has 0 radical (unpaired) electrons. The molecule has 1 aliphatic heterocycles. The molecule has 14 heteroatoms. The van der Waals surface area contributed by atoms with Gasteiger partial charge in [0.25, 0.3) is 0 Å². The third-order valence-electron chi connectivity index (χ3n) is 5.87. The van der Waals surface area contributed by atoms with Crippen LogP contribution in [-0.2, 0) is 19.1 Å². The van der Waals surface area contributed by atoms with Crippen molar-refractivity contribution in [1.82, 2.24) is 0 Å². The fraction of sp³-hybridized carbons (Fsp3) is 0.320. The van der Waals surface area contributed by atoms with Crippen molar-refractivity contribution in [3.63, 3.8) is 0 Å². The third kappa shape index (κ3) is 5.88. The van der Waals surface area contributed by atoms with Crippen LogP contribution >= 0.6 is 0 Å². The van der Waals surface area contributed by atoms with Crippen LogP contribution in [0.25, 0.3) is 22.3 Å². The van der Waals surface area contributed by atoms with Crippen LogP contribution in [0.3, 0.4) is 0 Å². The number of ether oxygens (including phenoxy) is 4. The molecule has 5 atom stereocenters. The summed E-state index contributed by atoms with van der Waals surface area (Å²) in [7, 11) is 1.37. The number of carbonyl (C=O) groups excluding carboxylic acids is 1. The molecule has 1 aromatic heterocycles. The molecule has 2 aromatic carbocycles. The van der Waals surface area contributed by atoms with Crippen molar-refractivity contribution in [2.75, 3.05) is 13.7 Å². The SMILES string of the molecule is COc1ccc(-c2cc(=O)c3c(O)cc(O[C@@H]4O[C@H](COC(=O)CC(=O)O)[C@@H](O)[C@H](O)[C@H]4O)cc3o2)cc1O. The van der Waals surface area contributed by atoms with Gasteiger partial charge in [-0.1, -0.05) is 0 Å². The number of carbonyl (C=O) groups is 2. The molecule has 1 aliphatic rings. The molecule has 0 spiro atoms. The molecular weight excluding hydrogens is 524 g/mol. The minimum Gasteiger partial charge on any atom is -0.507 e. The van der Waals surface area contributed by atoms with E-state index >= 15 is 0 Å². The fourth-order valence-corrected chi connectivity index (χ4v) is 3.93. The minimum absolute atomic E-state index is 0.0396. The first-order chi connectivity index (χ1) is 18.5. The van der Waals surface area contributed by atoms with E-state index in [4.69, 9.17) is 28.5 Å². The maximum absolute atomic E-state index is 12.7. The van der Waals surface area contributed by atoms with E-state index in [2.05, 4.69) is 0 Å². The minimum atomic E-state index is -1.81. The summed E-state index contributed by atoms with van der Waals surface area (Å²) < 4.78 is 26.5. The van der Waals surface area contributed by atoms with Gasteiger partial charge < -0.3 is 54.0 Å². The van der Waals surface area contributed by atoms with Crippen molar-refractivity contribution in [3.8, 4) is 34.3 Å². The Kier molecular flexibility index (Phi) is 7.92. The lowest BCUT2D eigenvalue weighted by molar-refractivity contribution is -0.278. The summed E-state index contributed by atoms with van der Waals surface area (Å²) in [5.74, 6) is -3.23. The monoisotopic (exact) mass is 548 g/mol. The van der Waals surface area contributed by atoms with Gasteiger partial charge in [0.15, 0.2) is 16.9 Å². The van der Waals surface area contributed by atoms with Crippen molar-refractivity contribution < 1.29 is 63.6 Å². The number of aliphatic carboxylic acids is 1. The third-order valence-corrected chi connectivity index (χ3v) is 5.87. The van der Waals surface area contributed by atoms with E-state index < -0.39 is 66.9 Å². The Morgan fingerprint density at radius 3 is 2.38 bits per heavy atom. The van der Waals surface area contributed by atoms with Crippen LogP contribution in [-0.4, -0.2) is 87.0 Å². The molecule has 39 heavy (non-hydrogen) atoms. The first-order valence-electron chi connectivity index (χ1n) is 11.4. The highest BCUT2D eigenvalue weighted by Gasteiger charge is 2.45. The number of aromatic hydroxyl groups is 2. The second-order valence-corrected chi connectivity index (χ2v) is 8.56. The van der Waals surface area contributed by atoms with Gasteiger partial charge in [-0.15, -0.1) is 0 Å². The van der Waals surface area contributed by atoms with Gasteiger partial charge in [-0.2, -0.15) is 0 Å². The Labute approximate surface area is 218 Å². The van der Waals surface area contributed by atoms with E-state index in [-0.39, 0.29) is 34.0 Å².